The fraction of sp³-hybridized carbons (Fsp3) is 1.00. The van der Waals surface area contributed by atoms with Crippen LogP contribution in [0.1, 0.15) is 32.1 Å². The molecule has 2 rings (SSSR count). The Balaban J connectivity index is 0.000000720. The number of hydrogen-bond acceptors (Lipinski definition) is 2. The van der Waals surface area contributed by atoms with E-state index in [0.717, 1.165) is 6.04 Å². The minimum absolute atomic E-state index is 0. The third-order valence-electron chi connectivity index (χ3n) is 3.19. The molecule has 0 aromatic heterocycles. The van der Waals surface area contributed by atoms with E-state index in [-0.39, 0.29) is 13.5 Å². The molecule has 2 aliphatic heterocycles. The van der Waals surface area contributed by atoms with E-state index in [9.17, 15) is 0 Å². The maximum atomic E-state index is 9.06. The zero-order chi connectivity index (χ0) is 7.68. The lowest BCUT2D eigenvalue weighted by Gasteiger charge is -2.33. The molecule has 3 heteroatoms. The monoisotopic (exact) mass is 189 g/mol. The molecule has 2 nitrogen and oxygen atoms in total. The van der Waals surface area contributed by atoms with Gasteiger partial charge >= 0.3 is 0 Å². The van der Waals surface area contributed by atoms with Crippen molar-refractivity contribution in [2.24, 2.45) is 0 Å². The van der Waals surface area contributed by atoms with E-state index in [4.69, 9.17) is 5.11 Å². The van der Waals surface area contributed by atoms with Gasteiger partial charge in [-0.3, -0.25) is 4.90 Å². The number of nitrogens with zero attached hydrogens (tertiary/aromatic N) is 1. The summed E-state index contributed by atoms with van der Waals surface area (Å²) >= 11 is 0. The van der Waals surface area contributed by atoms with Crippen LogP contribution >= 0.6 is 13.5 Å². The van der Waals surface area contributed by atoms with Crippen LogP contribution in [0, 0.1) is 0 Å². The summed E-state index contributed by atoms with van der Waals surface area (Å²) in [6, 6.07) is 1.32. The minimum atomic E-state index is 0. The minimum Gasteiger partial charge on any atom is -0.395 e. The molecular formula is C9H19NOS. The summed E-state index contributed by atoms with van der Waals surface area (Å²) in [5.74, 6) is 0. The first-order valence-electron chi connectivity index (χ1n) is 4.78. The number of aliphatic hydroxyl groups is 1. The Morgan fingerprint density at radius 1 is 1.17 bits per heavy atom. The lowest BCUT2D eigenvalue weighted by Crippen LogP contribution is -2.41. The summed E-state index contributed by atoms with van der Waals surface area (Å²) in [6.07, 6.45) is 6.66. The second-order valence-corrected chi connectivity index (χ2v) is 3.80. The predicted molar refractivity (Wildman–Crippen MR) is 54.8 cm³/mol. The van der Waals surface area contributed by atoms with E-state index in [1.165, 1.54) is 38.6 Å². The van der Waals surface area contributed by atoms with Gasteiger partial charge in [0.15, 0.2) is 0 Å². The van der Waals surface area contributed by atoms with Gasteiger partial charge in [-0.15, -0.1) is 0 Å². The van der Waals surface area contributed by atoms with E-state index in [1.807, 2.05) is 0 Å². The zero-order valence-corrected chi connectivity index (χ0v) is 8.50. The van der Waals surface area contributed by atoms with Gasteiger partial charge < -0.3 is 5.11 Å². The average molecular weight is 189 g/mol. The van der Waals surface area contributed by atoms with Gasteiger partial charge in [0, 0.05) is 12.1 Å². The molecule has 0 aromatic carbocycles. The molecule has 0 aromatic rings. The molecule has 2 saturated heterocycles. The first kappa shape index (κ1) is 10.4. The Hall–Kier alpha value is 0.270. The molecule has 1 N–H and O–H groups in total. The first-order chi connectivity index (χ1) is 5.42. The van der Waals surface area contributed by atoms with E-state index in [1.54, 1.807) is 0 Å². The van der Waals surface area contributed by atoms with Crippen LogP contribution < -0.4 is 0 Å². The molecule has 2 atom stereocenters. The van der Waals surface area contributed by atoms with Crippen LogP contribution in [0.2, 0.25) is 0 Å². The highest BCUT2D eigenvalue weighted by Crippen LogP contribution is 2.30. The fourth-order valence-electron chi connectivity index (χ4n) is 2.56. The zero-order valence-electron chi connectivity index (χ0n) is 7.50. The molecular weight excluding hydrogens is 170 g/mol. The number of fused-ring (bicyclic) bond motifs is 1. The van der Waals surface area contributed by atoms with Crippen molar-refractivity contribution in [2.45, 2.75) is 44.2 Å². The Morgan fingerprint density at radius 2 is 2.00 bits per heavy atom. The fourth-order valence-corrected chi connectivity index (χ4v) is 2.56. The first-order valence-corrected chi connectivity index (χ1v) is 4.78. The SMILES string of the molecule is OCC1CC[C@H]2CCCCN12.S. The average Bonchev–Trinajstić information content (AvgIpc) is 2.47. The normalized spacial score (nSPS) is 35.8. The van der Waals surface area contributed by atoms with Gasteiger partial charge in [0.05, 0.1) is 6.61 Å². The van der Waals surface area contributed by atoms with Gasteiger partial charge in [-0.1, -0.05) is 6.42 Å². The van der Waals surface area contributed by atoms with Crippen LogP contribution in [-0.2, 0) is 0 Å². The predicted octanol–water partition coefficient (Wildman–Crippen LogP) is 1.11. The quantitative estimate of drug-likeness (QED) is 0.668. The molecule has 0 amide bonds. The Kier molecular flexibility index (Phi) is 3.87. The second kappa shape index (κ2) is 4.49. The molecule has 0 radical (unpaired) electrons. The van der Waals surface area contributed by atoms with Gasteiger partial charge in [-0.2, -0.15) is 13.5 Å². The Labute approximate surface area is 81.4 Å². The number of hydrogen-bond donors (Lipinski definition) is 1. The van der Waals surface area contributed by atoms with Gasteiger partial charge in [0.25, 0.3) is 0 Å². The molecule has 2 heterocycles. The highest BCUT2D eigenvalue weighted by atomic mass is 32.1. The van der Waals surface area contributed by atoms with Crippen LogP contribution in [0.25, 0.3) is 0 Å². The summed E-state index contributed by atoms with van der Waals surface area (Å²) in [4.78, 5) is 2.52. The summed E-state index contributed by atoms with van der Waals surface area (Å²) in [5.41, 5.74) is 0. The smallest absolute Gasteiger partial charge is 0.0586 e. The topological polar surface area (TPSA) is 23.5 Å². The van der Waals surface area contributed by atoms with Crippen LogP contribution in [0.3, 0.4) is 0 Å². The van der Waals surface area contributed by atoms with Crippen LogP contribution in [0.15, 0.2) is 0 Å². The summed E-state index contributed by atoms with van der Waals surface area (Å²) < 4.78 is 0. The highest BCUT2D eigenvalue weighted by molar-refractivity contribution is 7.59. The van der Waals surface area contributed by atoms with E-state index in [2.05, 4.69) is 4.90 Å². The van der Waals surface area contributed by atoms with E-state index >= 15 is 0 Å². The van der Waals surface area contributed by atoms with Crippen molar-refractivity contribution >= 4 is 13.5 Å². The van der Waals surface area contributed by atoms with Crippen molar-refractivity contribution in [3.05, 3.63) is 0 Å². The van der Waals surface area contributed by atoms with Gasteiger partial charge in [-0.25, -0.2) is 0 Å². The number of aliphatic hydroxyl groups excluding tert-OH is 1. The standard InChI is InChI=1S/C9H17NO.H2S/c11-7-9-5-4-8-3-1-2-6-10(8)9;/h8-9,11H,1-7H2;1H2/t8-,9?;/m1./s1. The van der Waals surface area contributed by atoms with Crippen molar-refractivity contribution < 1.29 is 5.11 Å². The van der Waals surface area contributed by atoms with Crippen molar-refractivity contribution in [1.29, 1.82) is 0 Å². The lowest BCUT2D eigenvalue weighted by atomic mass is 10.0. The maximum Gasteiger partial charge on any atom is 0.0586 e. The maximum absolute atomic E-state index is 9.06. The molecule has 0 spiro atoms. The molecule has 12 heavy (non-hydrogen) atoms. The highest BCUT2D eigenvalue weighted by Gasteiger charge is 2.33. The van der Waals surface area contributed by atoms with Crippen LogP contribution in [0.5, 0.6) is 0 Å². The van der Waals surface area contributed by atoms with E-state index < -0.39 is 0 Å². The Bertz CT molecular complexity index is 136. The van der Waals surface area contributed by atoms with Crippen LogP contribution in [0.4, 0.5) is 0 Å². The molecule has 0 aliphatic carbocycles. The second-order valence-electron chi connectivity index (χ2n) is 3.80. The van der Waals surface area contributed by atoms with Gasteiger partial charge in [-0.05, 0) is 32.2 Å². The molecule has 0 bridgehead atoms. The number of rotatable bonds is 1. The van der Waals surface area contributed by atoms with Crippen LogP contribution in [-0.4, -0.2) is 35.2 Å². The van der Waals surface area contributed by atoms with Crippen molar-refractivity contribution in [3.63, 3.8) is 0 Å². The summed E-state index contributed by atoms with van der Waals surface area (Å²) in [7, 11) is 0. The van der Waals surface area contributed by atoms with Crippen molar-refractivity contribution in [1.82, 2.24) is 4.90 Å². The molecule has 72 valence electrons. The van der Waals surface area contributed by atoms with E-state index in [0.29, 0.717) is 12.6 Å². The lowest BCUT2D eigenvalue weighted by molar-refractivity contribution is 0.104. The molecule has 1 unspecified atom stereocenters. The van der Waals surface area contributed by atoms with Gasteiger partial charge in [0.1, 0.15) is 0 Å². The molecule has 2 fully saturated rings. The van der Waals surface area contributed by atoms with Crippen molar-refractivity contribution in [3.8, 4) is 0 Å². The third-order valence-corrected chi connectivity index (χ3v) is 3.19. The number of piperidine rings is 1. The van der Waals surface area contributed by atoms with Gasteiger partial charge in [0.2, 0.25) is 0 Å². The summed E-state index contributed by atoms with van der Waals surface area (Å²) in [6.45, 7) is 1.60. The summed E-state index contributed by atoms with van der Waals surface area (Å²) in [5, 5.41) is 9.06. The Morgan fingerprint density at radius 3 is 2.75 bits per heavy atom. The van der Waals surface area contributed by atoms with Crippen molar-refractivity contribution in [2.75, 3.05) is 13.2 Å². The third kappa shape index (κ3) is 1.78. The largest absolute Gasteiger partial charge is 0.395 e. The molecule has 2 aliphatic rings. The molecule has 0 saturated carbocycles.